The van der Waals surface area contributed by atoms with E-state index in [1.54, 1.807) is 0 Å². The maximum atomic E-state index is 2.53. The third-order valence-corrected chi connectivity index (χ3v) is 7.73. The van der Waals surface area contributed by atoms with Crippen LogP contribution >= 0.6 is 0 Å². The van der Waals surface area contributed by atoms with E-state index >= 15 is 0 Å². The highest BCUT2D eigenvalue weighted by Gasteiger charge is 2.32. The molecule has 0 bridgehead atoms. The molecule has 4 rings (SSSR count). The number of rotatable bonds is 3. The Bertz CT molecular complexity index is 1220. The Hall–Kier alpha value is -2.34. The number of benzene rings is 2. The van der Waals surface area contributed by atoms with Gasteiger partial charge in [0.25, 0.3) is 0 Å². The fraction of sp³-hybridized carbons (Fsp3) is 0.471. The molecule has 0 saturated carbocycles. The molecule has 0 nitrogen and oxygen atoms in total. The van der Waals surface area contributed by atoms with Crippen LogP contribution in [0.1, 0.15) is 110 Å². The molecule has 34 heavy (non-hydrogen) atoms. The number of fused-ring (bicyclic) bond motifs is 3. The summed E-state index contributed by atoms with van der Waals surface area (Å²) in [6, 6.07) is 12.2. The molecule has 0 fully saturated rings. The van der Waals surface area contributed by atoms with E-state index < -0.39 is 0 Å². The van der Waals surface area contributed by atoms with Crippen molar-refractivity contribution in [1.82, 2.24) is 0 Å². The quantitative estimate of drug-likeness (QED) is 0.347. The largest absolute Gasteiger partial charge is 0.0796 e. The smallest absolute Gasteiger partial charge is 0.0237 e. The van der Waals surface area contributed by atoms with E-state index in [-0.39, 0.29) is 16.2 Å². The van der Waals surface area contributed by atoms with Crippen molar-refractivity contribution in [3.8, 4) is 11.1 Å². The maximum absolute atomic E-state index is 2.53. The van der Waals surface area contributed by atoms with Crippen LogP contribution in [0.3, 0.4) is 0 Å². The molecule has 180 valence electrons. The van der Waals surface area contributed by atoms with Gasteiger partial charge in [0.2, 0.25) is 0 Å². The van der Waals surface area contributed by atoms with Gasteiger partial charge in [0.05, 0.1) is 0 Å². The van der Waals surface area contributed by atoms with Crippen molar-refractivity contribution in [2.45, 2.75) is 99.3 Å². The van der Waals surface area contributed by atoms with Crippen LogP contribution in [0.25, 0.3) is 11.1 Å². The summed E-state index contributed by atoms with van der Waals surface area (Å²) >= 11 is 0. The van der Waals surface area contributed by atoms with Gasteiger partial charge in [-0.2, -0.15) is 0 Å². The fourth-order valence-electron chi connectivity index (χ4n) is 5.72. The second kappa shape index (κ2) is 8.11. The summed E-state index contributed by atoms with van der Waals surface area (Å²) in [7, 11) is 0. The van der Waals surface area contributed by atoms with Crippen LogP contribution in [-0.2, 0) is 17.3 Å². The Balaban J connectivity index is 1.91. The molecule has 1 unspecified atom stereocenters. The van der Waals surface area contributed by atoms with Gasteiger partial charge in [-0.25, -0.2) is 0 Å². The molecule has 0 aliphatic heterocycles. The van der Waals surface area contributed by atoms with Gasteiger partial charge in [0.15, 0.2) is 0 Å². The highest BCUT2D eigenvalue weighted by molar-refractivity contribution is 5.80. The first-order valence-corrected chi connectivity index (χ1v) is 13.0. The Morgan fingerprint density at radius 2 is 1.47 bits per heavy atom. The molecular formula is C34H44. The van der Waals surface area contributed by atoms with Gasteiger partial charge in [0.1, 0.15) is 0 Å². The molecule has 0 heterocycles. The average molecular weight is 453 g/mol. The SMILES string of the molecule is CC(C)=CC(C)(C)c1ccc2c(c1)-c1cc(C(C)(C)C)cc(C3C=C(C(C)(C)C)C=C3C)c1C2. The summed E-state index contributed by atoms with van der Waals surface area (Å²) < 4.78 is 0. The Morgan fingerprint density at radius 1 is 0.824 bits per heavy atom. The van der Waals surface area contributed by atoms with Crippen LogP contribution in [0.4, 0.5) is 0 Å². The van der Waals surface area contributed by atoms with E-state index in [2.05, 4.69) is 125 Å². The molecule has 2 aromatic rings. The van der Waals surface area contributed by atoms with Crippen LogP contribution < -0.4 is 0 Å². The van der Waals surface area contributed by atoms with Crippen LogP contribution in [0, 0.1) is 5.41 Å². The van der Waals surface area contributed by atoms with E-state index in [9.17, 15) is 0 Å². The summed E-state index contributed by atoms with van der Waals surface area (Å²) in [5.74, 6) is 0.376. The van der Waals surface area contributed by atoms with E-state index in [1.807, 2.05) is 0 Å². The van der Waals surface area contributed by atoms with Crippen LogP contribution in [0.15, 0.2) is 65.3 Å². The normalized spacial score (nSPS) is 17.8. The summed E-state index contributed by atoms with van der Waals surface area (Å²) in [5, 5.41) is 0. The molecule has 2 aliphatic rings. The Morgan fingerprint density at radius 3 is 2.03 bits per heavy atom. The summed E-state index contributed by atoms with van der Waals surface area (Å²) in [4.78, 5) is 0. The highest BCUT2D eigenvalue weighted by Crippen LogP contribution is 2.48. The first-order chi connectivity index (χ1) is 15.6. The topological polar surface area (TPSA) is 0 Å². The van der Waals surface area contributed by atoms with Crippen LogP contribution in [0.5, 0.6) is 0 Å². The Kier molecular flexibility index (Phi) is 5.91. The number of allylic oxidation sites excluding steroid dienone is 6. The third kappa shape index (κ3) is 4.49. The summed E-state index contributed by atoms with van der Waals surface area (Å²) in [6.07, 6.45) is 8.40. The van der Waals surface area contributed by atoms with Crippen LogP contribution in [-0.4, -0.2) is 0 Å². The van der Waals surface area contributed by atoms with Crippen molar-refractivity contribution in [2.75, 3.05) is 0 Å². The number of hydrogen-bond acceptors (Lipinski definition) is 0. The van der Waals surface area contributed by atoms with Gasteiger partial charge >= 0.3 is 0 Å². The van der Waals surface area contributed by atoms with Crippen molar-refractivity contribution >= 4 is 0 Å². The molecule has 0 aromatic heterocycles. The van der Waals surface area contributed by atoms with Crippen LogP contribution in [0.2, 0.25) is 0 Å². The zero-order valence-electron chi connectivity index (χ0n) is 23.4. The second-order valence-corrected chi connectivity index (χ2v) is 13.6. The van der Waals surface area contributed by atoms with E-state index in [0.29, 0.717) is 5.92 Å². The first kappa shape index (κ1) is 24.8. The van der Waals surface area contributed by atoms with Gasteiger partial charge in [-0.1, -0.05) is 109 Å². The zero-order valence-corrected chi connectivity index (χ0v) is 23.4. The minimum absolute atomic E-state index is 0.0240. The molecule has 0 spiro atoms. The number of hydrogen-bond donors (Lipinski definition) is 0. The summed E-state index contributed by atoms with van der Waals surface area (Å²) in [6.45, 7) is 25.4. The average Bonchev–Trinajstić information content (AvgIpc) is 3.25. The lowest BCUT2D eigenvalue weighted by molar-refractivity contribution is 0.517. The lowest BCUT2D eigenvalue weighted by Crippen LogP contribution is -2.14. The zero-order chi connectivity index (χ0) is 25.2. The predicted molar refractivity (Wildman–Crippen MR) is 150 cm³/mol. The minimum atomic E-state index is 0.0240. The molecule has 0 heteroatoms. The minimum Gasteiger partial charge on any atom is -0.0796 e. The standard InChI is InChI=1S/C34H44/c1-21(2)20-34(10,11)24-13-12-23-15-29-30(27-17-25(14-22(27)3)32(4,5)6)18-26(33(7,8)9)19-31(29)28(23)16-24/h12-14,16-20,27H,15H2,1-11H3. The van der Waals surface area contributed by atoms with Gasteiger partial charge in [-0.05, 0) is 88.6 Å². The maximum Gasteiger partial charge on any atom is 0.0237 e. The molecule has 1 atom stereocenters. The lowest BCUT2D eigenvalue weighted by Gasteiger charge is -2.25. The first-order valence-electron chi connectivity index (χ1n) is 13.0. The second-order valence-electron chi connectivity index (χ2n) is 13.6. The molecule has 0 saturated heterocycles. The van der Waals surface area contributed by atoms with Crippen molar-refractivity contribution in [1.29, 1.82) is 0 Å². The predicted octanol–water partition coefficient (Wildman–Crippen LogP) is 9.82. The molecule has 0 N–H and O–H groups in total. The molecule has 2 aliphatic carbocycles. The van der Waals surface area contributed by atoms with Crippen molar-refractivity contribution < 1.29 is 0 Å². The van der Waals surface area contributed by atoms with E-state index in [4.69, 9.17) is 0 Å². The monoisotopic (exact) mass is 452 g/mol. The molecule has 2 aromatic carbocycles. The lowest BCUT2D eigenvalue weighted by atomic mass is 9.79. The fourth-order valence-corrected chi connectivity index (χ4v) is 5.72. The van der Waals surface area contributed by atoms with Gasteiger partial charge in [0, 0.05) is 11.3 Å². The van der Waals surface area contributed by atoms with Crippen molar-refractivity contribution in [3.63, 3.8) is 0 Å². The third-order valence-electron chi connectivity index (χ3n) is 7.73. The molecular weight excluding hydrogens is 408 g/mol. The van der Waals surface area contributed by atoms with Gasteiger partial charge in [-0.3, -0.25) is 0 Å². The Labute approximate surface area is 208 Å². The molecule has 0 amide bonds. The van der Waals surface area contributed by atoms with Gasteiger partial charge in [-0.15, -0.1) is 0 Å². The summed E-state index contributed by atoms with van der Waals surface area (Å²) in [5.41, 5.74) is 14.9. The van der Waals surface area contributed by atoms with E-state index in [0.717, 1.165) is 6.42 Å². The van der Waals surface area contributed by atoms with Crippen molar-refractivity contribution in [3.05, 3.63) is 93.1 Å². The van der Waals surface area contributed by atoms with Gasteiger partial charge < -0.3 is 0 Å². The van der Waals surface area contributed by atoms with E-state index in [1.165, 1.54) is 55.7 Å². The molecule has 0 radical (unpaired) electrons. The highest BCUT2D eigenvalue weighted by atomic mass is 14.4. The van der Waals surface area contributed by atoms with Crippen molar-refractivity contribution in [2.24, 2.45) is 5.41 Å².